The van der Waals surface area contributed by atoms with Crippen LogP contribution in [0.5, 0.6) is 0 Å². The van der Waals surface area contributed by atoms with Crippen LogP contribution >= 0.6 is 0 Å². The van der Waals surface area contributed by atoms with Crippen LogP contribution in [0.25, 0.3) is 0 Å². The molecule has 0 saturated heterocycles. The maximum Gasteiger partial charge on any atom is 0.264 e. The summed E-state index contributed by atoms with van der Waals surface area (Å²) in [6, 6.07) is 0. The van der Waals surface area contributed by atoms with Crippen molar-refractivity contribution in [1.82, 2.24) is 0 Å². The van der Waals surface area contributed by atoms with Crippen molar-refractivity contribution >= 4 is 8.32 Å². The van der Waals surface area contributed by atoms with Gasteiger partial charge in [-0.2, -0.15) is 0 Å². The smallest absolute Gasteiger partial charge is 0.264 e. The van der Waals surface area contributed by atoms with Gasteiger partial charge in [-0.3, -0.25) is 0 Å². The third-order valence-electron chi connectivity index (χ3n) is 2.92. The predicted octanol–water partition coefficient (Wildman–Crippen LogP) is 4.46. The molecular weight excluding hydrogens is 216 g/mol. The van der Waals surface area contributed by atoms with Gasteiger partial charge in [0.05, 0.1) is 7.11 Å². The molecule has 0 saturated carbocycles. The monoisotopic (exact) mass is 242 g/mol. The molecular formula is C13H26O2Si. The van der Waals surface area contributed by atoms with E-state index in [1.165, 1.54) is 5.57 Å². The van der Waals surface area contributed by atoms with Crippen molar-refractivity contribution in [2.24, 2.45) is 0 Å². The molecule has 2 nitrogen and oxygen atoms in total. The van der Waals surface area contributed by atoms with E-state index in [0.29, 0.717) is 5.95 Å². The molecule has 0 atom stereocenters. The van der Waals surface area contributed by atoms with Gasteiger partial charge < -0.3 is 9.16 Å². The molecule has 0 amide bonds. The first-order valence-corrected chi connectivity index (χ1v) is 8.59. The summed E-state index contributed by atoms with van der Waals surface area (Å²) in [5.74, 6) is 0.618. The third kappa shape index (κ3) is 4.88. The molecule has 0 unspecified atom stereocenters. The van der Waals surface area contributed by atoms with Gasteiger partial charge in [-0.05, 0) is 32.0 Å². The summed E-state index contributed by atoms with van der Waals surface area (Å²) in [6.07, 6.45) is 3.90. The van der Waals surface area contributed by atoms with Gasteiger partial charge in [-0.1, -0.05) is 32.4 Å². The molecule has 0 aliphatic carbocycles. The lowest BCUT2D eigenvalue weighted by Gasteiger charge is -2.36. The minimum Gasteiger partial charge on any atom is -0.519 e. The summed E-state index contributed by atoms with van der Waals surface area (Å²) in [6.45, 7) is 15.2. The van der Waals surface area contributed by atoms with Gasteiger partial charge in [0.15, 0.2) is 0 Å². The van der Waals surface area contributed by atoms with Crippen molar-refractivity contribution in [3.8, 4) is 0 Å². The average molecular weight is 242 g/mol. The van der Waals surface area contributed by atoms with E-state index in [1.807, 2.05) is 12.2 Å². The molecule has 0 aromatic carbocycles. The number of ether oxygens (including phenoxy) is 1. The van der Waals surface area contributed by atoms with Gasteiger partial charge in [-0.25, -0.2) is 0 Å². The van der Waals surface area contributed by atoms with Crippen molar-refractivity contribution < 1.29 is 9.16 Å². The Morgan fingerprint density at radius 3 is 1.88 bits per heavy atom. The largest absolute Gasteiger partial charge is 0.519 e. The van der Waals surface area contributed by atoms with Crippen LogP contribution in [0, 0.1) is 0 Å². The van der Waals surface area contributed by atoms with Gasteiger partial charge >= 0.3 is 0 Å². The predicted molar refractivity (Wildman–Crippen MR) is 72.8 cm³/mol. The molecule has 0 spiro atoms. The maximum atomic E-state index is 6.04. The van der Waals surface area contributed by atoms with Crippen LogP contribution < -0.4 is 0 Å². The van der Waals surface area contributed by atoms with Crippen LogP contribution in [-0.4, -0.2) is 15.4 Å². The summed E-state index contributed by atoms with van der Waals surface area (Å²) in [5, 5.41) is 0.190. The molecule has 0 fully saturated rings. The van der Waals surface area contributed by atoms with E-state index in [1.54, 1.807) is 7.11 Å². The Kier molecular flexibility index (Phi) is 5.33. The van der Waals surface area contributed by atoms with Crippen molar-refractivity contribution in [3.05, 3.63) is 23.7 Å². The van der Waals surface area contributed by atoms with E-state index in [0.717, 1.165) is 0 Å². The average Bonchev–Trinajstić information content (AvgIpc) is 2.09. The van der Waals surface area contributed by atoms with E-state index >= 15 is 0 Å². The van der Waals surface area contributed by atoms with E-state index in [4.69, 9.17) is 9.16 Å². The van der Waals surface area contributed by atoms with Crippen molar-refractivity contribution in [3.63, 3.8) is 0 Å². The van der Waals surface area contributed by atoms with Crippen molar-refractivity contribution in [2.75, 3.05) is 7.11 Å². The Balaban J connectivity index is 4.81. The molecule has 3 heteroatoms. The summed E-state index contributed by atoms with van der Waals surface area (Å²) in [4.78, 5) is 0. The van der Waals surface area contributed by atoms with Crippen LogP contribution in [0.2, 0.25) is 18.1 Å². The number of hydrogen-bond acceptors (Lipinski definition) is 2. The Labute approximate surface area is 101 Å². The molecule has 0 aromatic rings. The molecule has 16 heavy (non-hydrogen) atoms. The first kappa shape index (κ1) is 15.3. The molecule has 0 N–H and O–H groups in total. The standard InChI is InChI=1S/C13H26O2Si/c1-11(2)9-10-12(14-6)15-16(7,8)13(3,4)5/h9-10H,1-8H3/b12-10+. The van der Waals surface area contributed by atoms with Crippen molar-refractivity contribution in [1.29, 1.82) is 0 Å². The number of allylic oxidation sites excluding steroid dienone is 3. The van der Waals surface area contributed by atoms with Gasteiger partial charge in [0.1, 0.15) is 0 Å². The lowest BCUT2D eigenvalue weighted by atomic mass is 10.2. The summed E-state index contributed by atoms with van der Waals surface area (Å²) in [5.41, 5.74) is 1.23. The first-order valence-electron chi connectivity index (χ1n) is 5.68. The fourth-order valence-electron chi connectivity index (χ4n) is 0.783. The zero-order valence-electron chi connectivity index (χ0n) is 12.0. The molecule has 0 radical (unpaired) electrons. The van der Waals surface area contributed by atoms with E-state index in [9.17, 15) is 0 Å². The van der Waals surface area contributed by atoms with Gasteiger partial charge in [-0.15, -0.1) is 0 Å². The molecule has 94 valence electrons. The van der Waals surface area contributed by atoms with Crippen LogP contribution in [-0.2, 0) is 9.16 Å². The highest BCUT2D eigenvalue weighted by molar-refractivity contribution is 6.74. The summed E-state index contributed by atoms with van der Waals surface area (Å²) in [7, 11) is -0.133. The maximum absolute atomic E-state index is 6.04. The van der Waals surface area contributed by atoms with Crippen LogP contribution in [0.1, 0.15) is 34.6 Å². The Bertz CT molecular complexity index is 279. The fraction of sp³-hybridized carbons (Fsp3) is 0.692. The van der Waals surface area contributed by atoms with Gasteiger partial charge in [0.25, 0.3) is 14.3 Å². The summed E-state index contributed by atoms with van der Waals surface area (Å²) < 4.78 is 11.3. The highest BCUT2D eigenvalue weighted by Gasteiger charge is 2.39. The first-order chi connectivity index (χ1) is 7.10. The van der Waals surface area contributed by atoms with Gasteiger partial charge in [0.2, 0.25) is 0 Å². The topological polar surface area (TPSA) is 18.5 Å². The van der Waals surface area contributed by atoms with Crippen LogP contribution in [0.15, 0.2) is 23.7 Å². The zero-order valence-corrected chi connectivity index (χ0v) is 13.0. The Morgan fingerprint density at radius 2 is 1.56 bits per heavy atom. The zero-order chi connectivity index (χ0) is 13.0. The number of methoxy groups -OCH3 is 1. The molecule has 0 aliphatic heterocycles. The molecule has 0 rings (SSSR count). The lowest BCUT2D eigenvalue weighted by molar-refractivity contribution is 0.141. The van der Waals surface area contributed by atoms with Gasteiger partial charge in [0, 0.05) is 6.08 Å². The summed E-state index contributed by atoms with van der Waals surface area (Å²) >= 11 is 0. The van der Waals surface area contributed by atoms with Crippen molar-refractivity contribution in [2.45, 2.75) is 52.8 Å². The minimum absolute atomic E-state index is 0.190. The highest BCUT2D eigenvalue weighted by atomic mass is 28.4. The number of rotatable bonds is 4. The Hall–Kier alpha value is -0.703. The van der Waals surface area contributed by atoms with Crippen LogP contribution in [0.3, 0.4) is 0 Å². The molecule has 0 bridgehead atoms. The van der Waals surface area contributed by atoms with Crippen LogP contribution in [0.4, 0.5) is 0 Å². The SMILES string of the molecule is CO/C(=C\C=C(C)C)O[Si](C)(C)C(C)(C)C. The minimum atomic E-state index is -1.78. The lowest BCUT2D eigenvalue weighted by Crippen LogP contribution is -2.40. The second-order valence-corrected chi connectivity index (χ2v) is 10.5. The number of hydrogen-bond donors (Lipinski definition) is 0. The normalized spacial score (nSPS) is 13.4. The second kappa shape index (κ2) is 5.57. The molecule has 0 aliphatic rings. The fourth-order valence-corrected chi connectivity index (χ4v) is 1.74. The van der Waals surface area contributed by atoms with E-state index in [-0.39, 0.29) is 5.04 Å². The third-order valence-corrected chi connectivity index (χ3v) is 7.24. The highest BCUT2D eigenvalue weighted by Crippen LogP contribution is 2.37. The Morgan fingerprint density at radius 1 is 1.06 bits per heavy atom. The molecule has 0 heterocycles. The quantitative estimate of drug-likeness (QED) is 0.411. The van der Waals surface area contributed by atoms with E-state index in [2.05, 4.69) is 47.7 Å². The second-order valence-electron chi connectivity index (χ2n) is 5.80. The van der Waals surface area contributed by atoms with E-state index < -0.39 is 8.32 Å². The molecule has 0 aromatic heterocycles.